The molecule has 0 saturated carbocycles. The number of aromatic nitrogens is 2. The van der Waals surface area contributed by atoms with Crippen molar-refractivity contribution >= 4 is 36.4 Å². The van der Waals surface area contributed by atoms with Crippen molar-refractivity contribution in [1.82, 2.24) is 30.0 Å². The number of hydrazine groups is 1. The van der Waals surface area contributed by atoms with Crippen LogP contribution in [0.1, 0.15) is 24.5 Å². The van der Waals surface area contributed by atoms with Gasteiger partial charge < -0.3 is 25.5 Å². The zero-order valence-corrected chi connectivity index (χ0v) is 32.4. The zero-order valence-electron chi connectivity index (χ0n) is 28.5. The van der Waals surface area contributed by atoms with Crippen LogP contribution in [0.5, 0.6) is 5.75 Å². The van der Waals surface area contributed by atoms with E-state index in [0.717, 1.165) is 22.0 Å². The summed E-state index contributed by atoms with van der Waals surface area (Å²) in [5.41, 5.74) is 3.25. The summed E-state index contributed by atoms with van der Waals surface area (Å²) < 4.78 is 15.8. The predicted molar refractivity (Wildman–Crippen MR) is 171 cm³/mol. The van der Waals surface area contributed by atoms with Gasteiger partial charge >= 0.3 is 66.9 Å². The number of piperazine rings is 1. The number of fused-ring (bicyclic) bond motifs is 2. The van der Waals surface area contributed by atoms with E-state index >= 15 is 0 Å². The molecule has 0 spiro atoms. The number of hydrogen-bond acceptors (Lipinski definition) is 8. The first-order valence-electron chi connectivity index (χ1n) is 15.2. The molecule has 0 aliphatic carbocycles. The summed E-state index contributed by atoms with van der Waals surface area (Å²) in [4.78, 5) is 65.6. The molecule has 16 heteroatoms. The molecular weight excluding hydrogens is 669 g/mol. The topological polar surface area (TPSA) is 162 Å². The van der Waals surface area contributed by atoms with Crippen molar-refractivity contribution in [2.45, 2.75) is 38.0 Å². The molecule has 0 bridgehead atoms. The third-order valence-electron chi connectivity index (χ3n) is 8.39. The average Bonchev–Trinajstić information content (AvgIpc) is 3.53. The molecule has 1 aromatic heterocycles. The molecule has 2 aliphatic rings. The Hall–Kier alpha value is -2.81. The number of carbonyl (C=O) groups excluding carboxylic acids is 3. The molecule has 49 heavy (non-hydrogen) atoms. The number of H-pyrrole nitrogens is 1. The van der Waals surface area contributed by atoms with Gasteiger partial charge in [0.05, 0.1) is 24.8 Å². The van der Waals surface area contributed by atoms with E-state index in [1.807, 2.05) is 48.5 Å². The van der Waals surface area contributed by atoms with Crippen molar-refractivity contribution in [3.63, 3.8) is 0 Å². The van der Waals surface area contributed by atoms with Gasteiger partial charge in [0, 0.05) is 31.3 Å². The van der Waals surface area contributed by atoms with Crippen LogP contribution in [-0.2, 0) is 38.3 Å². The third kappa shape index (κ3) is 9.11. The molecule has 2 aliphatic heterocycles. The summed E-state index contributed by atoms with van der Waals surface area (Å²) in [5, 5.41) is 11.3. The number of phosphoric acid groups is 1. The number of nitrogens with one attached hydrogen (secondary N) is 1. The number of aryl methyl sites for hydroxylation is 1. The summed E-state index contributed by atoms with van der Waals surface area (Å²) in [6.45, 7) is 4.28. The molecule has 2 N–H and O–H groups in total. The molecule has 3 heterocycles. The largest absolute Gasteiger partial charge is 1.00 e. The maximum absolute atomic E-state index is 14.3. The van der Waals surface area contributed by atoms with Gasteiger partial charge in [-0.1, -0.05) is 66.7 Å². The molecule has 2 fully saturated rings. The van der Waals surface area contributed by atoms with Crippen molar-refractivity contribution in [1.29, 1.82) is 0 Å². The Balaban J connectivity index is 0.00000225. The van der Waals surface area contributed by atoms with Gasteiger partial charge in [0.25, 0.3) is 0 Å². The van der Waals surface area contributed by atoms with Gasteiger partial charge in [-0.3, -0.25) is 24.0 Å². The van der Waals surface area contributed by atoms with Gasteiger partial charge in [0.15, 0.2) is 0 Å². The number of nitrogens with zero attached hydrogens (tertiary/aromatic N) is 5. The number of benzene rings is 3. The Morgan fingerprint density at radius 1 is 1.08 bits per heavy atom. The fraction of sp³-hybridized carbons (Fsp3) is 0.273. The molecule has 6 rings (SSSR count). The molecule has 3 aromatic carbocycles. The van der Waals surface area contributed by atoms with Crippen LogP contribution in [0, 0.1) is 0 Å². The van der Waals surface area contributed by atoms with E-state index in [0.29, 0.717) is 12.0 Å². The van der Waals surface area contributed by atoms with Crippen LogP contribution in [0.15, 0.2) is 91.6 Å². The van der Waals surface area contributed by atoms with E-state index in [1.165, 1.54) is 17.0 Å². The number of hydrogen-bond donors (Lipinski definition) is 2. The van der Waals surface area contributed by atoms with Crippen LogP contribution in [0.4, 0.5) is 0 Å². The fourth-order valence-corrected chi connectivity index (χ4v) is 6.71. The van der Waals surface area contributed by atoms with Crippen LogP contribution in [0.25, 0.3) is 10.9 Å². The van der Waals surface area contributed by atoms with E-state index < -0.39 is 20.0 Å². The first-order chi connectivity index (χ1) is 22.6. The second-order valence-electron chi connectivity index (χ2n) is 11.5. The summed E-state index contributed by atoms with van der Waals surface area (Å²) in [7, 11) is -5.00. The summed E-state index contributed by atoms with van der Waals surface area (Å²) in [6, 6.07) is 20.3. The summed E-state index contributed by atoms with van der Waals surface area (Å²) in [6.07, 6.45) is 3.35. The van der Waals surface area contributed by atoms with E-state index in [9.17, 15) is 23.8 Å². The second kappa shape index (κ2) is 16.9. The van der Waals surface area contributed by atoms with Gasteiger partial charge in [0.2, 0.25) is 17.7 Å². The van der Waals surface area contributed by atoms with Crippen molar-refractivity contribution in [3.8, 4) is 5.75 Å². The number of para-hydroxylation sites is 1. The Bertz CT molecular complexity index is 1850. The third-order valence-corrected chi connectivity index (χ3v) is 8.83. The van der Waals surface area contributed by atoms with Crippen LogP contribution in [0.2, 0.25) is 0 Å². The minimum Gasteiger partial charge on any atom is -1.00 e. The molecule has 4 aromatic rings. The van der Waals surface area contributed by atoms with Crippen LogP contribution >= 0.6 is 7.82 Å². The van der Waals surface area contributed by atoms with Gasteiger partial charge in [-0.05, 0) is 35.2 Å². The number of aromatic amines is 1. The smallest absolute Gasteiger partial charge is 1.00 e. The first-order valence-corrected chi connectivity index (χ1v) is 16.7. The average molecular weight is 705 g/mol. The minimum absolute atomic E-state index is 0. The maximum atomic E-state index is 14.3. The number of phosphoric ester groups is 1. The van der Waals surface area contributed by atoms with E-state index in [4.69, 9.17) is 4.89 Å². The zero-order chi connectivity index (χ0) is 33.1. The minimum atomic E-state index is -5.00. The number of carbonyl (C=O) groups is 3. The van der Waals surface area contributed by atoms with E-state index in [-0.39, 0.29) is 123 Å². The van der Waals surface area contributed by atoms with Gasteiger partial charge in [0.1, 0.15) is 18.0 Å². The molecule has 2 saturated heterocycles. The van der Waals surface area contributed by atoms with Gasteiger partial charge in [-0.2, -0.15) is 5.10 Å². The van der Waals surface area contributed by atoms with Crippen LogP contribution in [-0.4, -0.2) is 84.5 Å². The predicted octanol–water partition coefficient (Wildman–Crippen LogP) is -3.49. The van der Waals surface area contributed by atoms with Crippen molar-refractivity contribution < 1.29 is 93.8 Å². The molecule has 3 amide bonds. The van der Waals surface area contributed by atoms with Gasteiger partial charge in [-0.15, -0.1) is 6.58 Å². The second-order valence-corrected chi connectivity index (χ2v) is 12.7. The Labute approximate surface area is 329 Å². The number of amides is 3. The van der Waals surface area contributed by atoms with Gasteiger partial charge in [-0.25, -0.2) is 10.0 Å². The fourth-order valence-electron chi connectivity index (χ4n) is 6.32. The summed E-state index contributed by atoms with van der Waals surface area (Å²) >= 11 is 0. The molecular formula is C33H35N6Na2O7P. The number of rotatable bonds is 11. The first kappa shape index (κ1) is 39.0. The normalized spacial score (nSPS) is 19.0. The van der Waals surface area contributed by atoms with E-state index in [2.05, 4.69) is 21.3 Å². The molecule has 3 atom stereocenters. The Morgan fingerprint density at radius 2 is 1.82 bits per heavy atom. The van der Waals surface area contributed by atoms with Crippen molar-refractivity contribution in [3.05, 3.63) is 108 Å². The molecule has 246 valence electrons. The SMILES string of the molecule is C=CCN1CC(=O)N2[C@@H](Cc3ccc(OP(=O)([O-])O)cc3)C(=O)N(Cc3cccc4cn[nH]c34)C[C@@H]2N1C(=O)CCc1ccccc1.[H-].[Na+].[Na+]. The Morgan fingerprint density at radius 3 is 2.51 bits per heavy atom. The Kier molecular flexibility index (Phi) is 13.5. The standard InChI is InChI=1S/C33H35N6O7P.2Na.H/c1-2-17-37-22-31(41)38-28(18-24-11-14-27(15-12-24)46-47(43,44)45)33(42)36(20-26-10-6-9-25-19-34-35-32(25)26)21-29(38)39(37)30(40)16-13-23-7-4-3-5-8-23;;;/h2-12,14-15,19,28-29H,1,13,16-18,20-22H2,(H,34,35)(H2,43,44,45);;;/q;2*+1;-1/p-1/t28-,29-;;;/m0.../s1. The van der Waals surface area contributed by atoms with Crippen LogP contribution in [0.3, 0.4) is 0 Å². The molecule has 13 nitrogen and oxygen atoms in total. The quantitative estimate of drug-likeness (QED) is 0.0918. The maximum Gasteiger partial charge on any atom is 1.00 e. The van der Waals surface area contributed by atoms with Crippen molar-refractivity contribution in [2.75, 3.05) is 19.6 Å². The van der Waals surface area contributed by atoms with Crippen molar-refractivity contribution in [2.24, 2.45) is 0 Å². The van der Waals surface area contributed by atoms with E-state index in [1.54, 1.807) is 39.3 Å². The van der Waals surface area contributed by atoms with Crippen LogP contribution < -0.4 is 68.5 Å². The molecule has 1 unspecified atom stereocenters. The molecule has 0 radical (unpaired) electrons. The monoisotopic (exact) mass is 704 g/mol. The summed E-state index contributed by atoms with van der Waals surface area (Å²) in [5.74, 6) is -0.875.